The molecule has 9 heteroatoms. The minimum Gasteiger partial charge on any atom is -0.345 e. The molecule has 0 atom stereocenters. The number of rotatable bonds is 6. The molecule has 0 unspecified atom stereocenters. The Hall–Kier alpha value is -1.09. The quantitative estimate of drug-likeness (QED) is 0.791. The highest BCUT2D eigenvalue weighted by molar-refractivity contribution is 7.89. The Morgan fingerprint density at radius 3 is 2.44 bits per heavy atom. The highest BCUT2D eigenvalue weighted by Crippen LogP contribution is 2.24. The molecule has 0 radical (unpaired) electrons. The van der Waals surface area contributed by atoms with E-state index in [4.69, 9.17) is 0 Å². The predicted molar refractivity (Wildman–Crippen MR) is 101 cm³/mol. The number of aromatic nitrogens is 1. The Balaban J connectivity index is 0.00000312. The molecule has 25 heavy (non-hydrogen) atoms. The van der Waals surface area contributed by atoms with E-state index >= 15 is 0 Å². The summed E-state index contributed by atoms with van der Waals surface area (Å²) in [5.74, 6) is -0.206. The molecule has 1 aliphatic heterocycles. The number of carbonyl (C=O) groups excluding carboxylic acids is 1. The van der Waals surface area contributed by atoms with Crippen LogP contribution in [0, 0.1) is 0 Å². The third-order valence-corrected chi connectivity index (χ3v) is 6.29. The van der Waals surface area contributed by atoms with Crippen molar-refractivity contribution in [1.29, 1.82) is 0 Å². The van der Waals surface area contributed by atoms with Crippen LogP contribution in [-0.2, 0) is 17.1 Å². The SMILES string of the molecule is CCCN(C1CCNCC1)S(=O)(=O)c1cc(C(=O)N(C)C)n(C)c1.Cl. The number of hydrogen-bond donors (Lipinski definition) is 1. The van der Waals surface area contributed by atoms with Gasteiger partial charge in [0.15, 0.2) is 0 Å². The standard InChI is InChI=1S/C16H28N4O3S.ClH/c1-5-10-20(13-6-8-17-9-7-13)24(22,23)14-11-15(19(4)12-14)16(21)18(2)3;/h11-13,17H,5-10H2,1-4H3;1H. The van der Waals surface area contributed by atoms with Crippen LogP contribution in [0.3, 0.4) is 0 Å². The molecule has 0 saturated carbocycles. The third kappa shape index (κ3) is 4.75. The van der Waals surface area contributed by atoms with E-state index in [0.29, 0.717) is 12.2 Å². The Kier molecular flexibility index (Phi) is 7.92. The highest BCUT2D eigenvalue weighted by Gasteiger charge is 2.33. The Morgan fingerprint density at radius 1 is 1.32 bits per heavy atom. The molecule has 0 spiro atoms. The number of nitrogens with one attached hydrogen (secondary N) is 1. The highest BCUT2D eigenvalue weighted by atomic mass is 35.5. The topological polar surface area (TPSA) is 74.7 Å². The van der Waals surface area contributed by atoms with E-state index in [1.165, 1.54) is 17.2 Å². The lowest BCUT2D eigenvalue weighted by molar-refractivity contribution is 0.0818. The molecule has 1 aromatic rings. The van der Waals surface area contributed by atoms with Crippen LogP contribution in [0.4, 0.5) is 0 Å². The number of nitrogens with zero attached hydrogens (tertiary/aromatic N) is 3. The van der Waals surface area contributed by atoms with Crippen molar-refractivity contribution in [2.24, 2.45) is 7.05 Å². The van der Waals surface area contributed by atoms with E-state index < -0.39 is 10.0 Å². The average molecular weight is 393 g/mol. The summed E-state index contributed by atoms with van der Waals surface area (Å²) in [6.45, 7) is 4.15. The molecule has 0 bridgehead atoms. The molecular formula is C16H29ClN4O3S. The van der Waals surface area contributed by atoms with E-state index in [1.807, 2.05) is 6.92 Å². The molecule has 1 saturated heterocycles. The van der Waals surface area contributed by atoms with Gasteiger partial charge in [-0.3, -0.25) is 4.79 Å². The number of carbonyl (C=O) groups is 1. The van der Waals surface area contributed by atoms with Crippen LogP contribution >= 0.6 is 12.4 Å². The lowest BCUT2D eigenvalue weighted by Crippen LogP contribution is -2.46. The second kappa shape index (κ2) is 9.02. The van der Waals surface area contributed by atoms with Gasteiger partial charge in [-0.2, -0.15) is 4.31 Å². The minimum absolute atomic E-state index is 0. The van der Waals surface area contributed by atoms with Crippen LogP contribution in [-0.4, -0.2) is 67.9 Å². The molecule has 7 nitrogen and oxygen atoms in total. The Morgan fingerprint density at radius 2 is 1.92 bits per heavy atom. The van der Waals surface area contributed by atoms with Crippen LogP contribution in [0.5, 0.6) is 0 Å². The molecule has 2 rings (SSSR count). The van der Waals surface area contributed by atoms with E-state index in [-0.39, 0.29) is 29.3 Å². The van der Waals surface area contributed by atoms with Gasteiger partial charge in [0.25, 0.3) is 5.91 Å². The number of piperidine rings is 1. The normalized spacial score (nSPS) is 15.9. The molecule has 2 heterocycles. The zero-order valence-corrected chi connectivity index (χ0v) is 17.0. The van der Waals surface area contributed by atoms with Crippen LogP contribution in [0.2, 0.25) is 0 Å². The first kappa shape index (κ1) is 22.0. The lowest BCUT2D eigenvalue weighted by Gasteiger charge is -2.33. The fraction of sp³-hybridized carbons (Fsp3) is 0.688. The van der Waals surface area contributed by atoms with Gasteiger partial charge in [0.05, 0.1) is 0 Å². The van der Waals surface area contributed by atoms with Gasteiger partial charge < -0.3 is 14.8 Å². The van der Waals surface area contributed by atoms with E-state index in [1.54, 1.807) is 30.0 Å². The van der Waals surface area contributed by atoms with Crippen LogP contribution in [0.25, 0.3) is 0 Å². The predicted octanol–water partition coefficient (Wildman–Crippen LogP) is 1.30. The van der Waals surface area contributed by atoms with Crippen molar-refractivity contribution in [3.63, 3.8) is 0 Å². The van der Waals surface area contributed by atoms with Crippen LogP contribution in [0.15, 0.2) is 17.2 Å². The lowest BCUT2D eigenvalue weighted by atomic mass is 10.1. The fourth-order valence-electron chi connectivity index (χ4n) is 3.07. The van der Waals surface area contributed by atoms with Gasteiger partial charge in [0, 0.05) is 39.9 Å². The molecule has 1 amide bonds. The van der Waals surface area contributed by atoms with Crippen molar-refractivity contribution in [1.82, 2.24) is 19.1 Å². The van der Waals surface area contributed by atoms with E-state index in [2.05, 4.69) is 5.32 Å². The summed E-state index contributed by atoms with van der Waals surface area (Å²) >= 11 is 0. The van der Waals surface area contributed by atoms with Gasteiger partial charge >= 0.3 is 0 Å². The van der Waals surface area contributed by atoms with Crippen molar-refractivity contribution >= 4 is 28.3 Å². The molecule has 1 fully saturated rings. The van der Waals surface area contributed by atoms with Gasteiger partial charge in [0.1, 0.15) is 10.6 Å². The van der Waals surface area contributed by atoms with Crippen molar-refractivity contribution in [2.45, 2.75) is 37.1 Å². The summed E-state index contributed by atoms with van der Waals surface area (Å²) in [6, 6.07) is 1.51. The second-order valence-corrected chi connectivity index (χ2v) is 8.36. The first-order chi connectivity index (χ1) is 11.3. The van der Waals surface area contributed by atoms with Gasteiger partial charge in [-0.1, -0.05) is 6.92 Å². The van der Waals surface area contributed by atoms with Crippen molar-refractivity contribution in [3.05, 3.63) is 18.0 Å². The van der Waals surface area contributed by atoms with Gasteiger partial charge in [-0.05, 0) is 38.4 Å². The Labute approximate surface area is 156 Å². The summed E-state index contributed by atoms with van der Waals surface area (Å²) in [7, 11) is 1.40. The number of sulfonamides is 1. The average Bonchev–Trinajstić information content (AvgIpc) is 2.95. The largest absolute Gasteiger partial charge is 0.345 e. The van der Waals surface area contributed by atoms with Crippen molar-refractivity contribution < 1.29 is 13.2 Å². The summed E-state index contributed by atoms with van der Waals surface area (Å²) < 4.78 is 29.5. The molecule has 144 valence electrons. The second-order valence-electron chi connectivity index (χ2n) is 6.47. The zero-order valence-electron chi connectivity index (χ0n) is 15.4. The summed E-state index contributed by atoms with van der Waals surface area (Å²) in [5, 5.41) is 3.27. The van der Waals surface area contributed by atoms with Gasteiger partial charge in [-0.25, -0.2) is 8.42 Å². The maximum Gasteiger partial charge on any atom is 0.269 e. The molecular weight excluding hydrogens is 364 g/mol. The maximum atomic E-state index is 13.1. The summed E-state index contributed by atoms with van der Waals surface area (Å²) in [5.41, 5.74) is 0.375. The molecule has 1 aliphatic rings. The zero-order chi connectivity index (χ0) is 17.9. The van der Waals surface area contributed by atoms with E-state index in [9.17, 15) is 13.2 Å². The van der Waals surface area contributed by atoms with Crippen molar-refractivity contribution in [3.8, 4) is 0 Å². The molecule has 1 aromatic heterocycles. The van der Waals surface area contributed by atoms with Gasteiger partial charge in [0.2, 0.25) is 10.0 Å². The number of halogens is 1. The number of aryl methyl sites for hydroxylation is 1. The smallest absolute Gasteiger partial charge is 0.269 e. The van der Waals surface area contributed by atoms with E-state index in [0.717, 1.165) is 32.4 Å². The summed E-state index contributed by atoms with van der Waals surface area (Å²) in [6.07, 6.45) is 3.93. The molecule has 1 N–H and O–H groups in total. The Bertz CT molecular complexity index is 682. The van der Waals surface area contributed by atoms with Crippen LogP contribution in [0.1, 0.15) is 36.7 Å². The minimum atomic E-state index is -3.61. The number of hydrogen-bond acceptors (Lipinski definition) is 4. The van der Waals surface area contributed by atoms with Crippen molar-refractivity contribution in [2.75, 3.05) is 33.7 Å². The molecule has 0 aromatic carbocycles. The first-order valence-corrected chi connectivity index (χ1v) is 9.83. The van der Waals surface area contributed by atoms with Crippen LogP contribution < -0.4 is 5.32 Å². The van der Waals surface area contributed by atoms with Gasteiger partial charge in [-0.15, -0.1) is 12.4 Å². The first-order valence-electron chi connectivity index (χ1n) is 8.39. The number of amides is 1. The molecule has 0 aliphatic carbocycles. The monoisotopic (exact) mass is 392 g/mol. The fourth-order valence-corrected chi connectivity index (χ4v) is 4.92. The third-order valence-electron chi connectivity index (χ3n) is 4.37. The summed E-state index contributed by atoms with van der Waals surface area (Å²) in [4.78, 5) is 13.8. The maximum absolute atomic E-state index is 13.1.